The van der Waals surface area contributed by atoms with Gasteiger partial charge >= 0.3 is 13.2 Å². The van der Waals surface area contributed by atoms with Crippen molar-refractivity contribution in [2.24, 2.45) is 17.3 Å². The van der Waals surface area contributed by atoms with Crippen LogP contribution in [0.2, 0.25) is 0 Å². The molecule has 7 rings (SSSR count). The van der Waals surface area contributed by atoms with E-state index < -0.39 is 24.7 Å². The predicted molar refractivity (Wildman–Crippen MR) is 176 cm³/mol. The molecule has 46 heavy (non-hydrogen) atoms. The second-order valence-corrected chi connectivity index (χ2v) is 15.5. The molecule has 3 saturated heterocycles. The molecule has 10 heteroatoms. The van der Waals surface area contributed by atoms with Crippen molar-refractivity contribution in [2.45, 2.75) is 115 Å². The fraction of sp³-hybridized carbons (Fsp3) is 0.694. The summed E-state index contributed by atoms with van der Waals surface area (Å²) < 4.78 is 19.1. The van der Waals surface area contributed by atoms with Crippen LogP contribution in [0.5, 0.6) is 0 Å². The molecule has 6 atom stereocenters. The Hall–Kier alpha value is -2.87. The highest BCUT2D eigenvalue weighted by atomic mass is 16.7. The van der Waals surface area contributed by atoms with E-state index in [0.29, 0.717) is 31.2 Å². The first-order chi connectivity index (χ1) is 21.9. The molecule has 1 N–H and O–H groups in total. The van der Waals surface area contributed by atoms with Crippen molar-refractivity contribution in [3.05, 3.63) is 47.5 Å². The maximum absolute atomic E-state index is 13.6. The lowest BCUT2D eigenvalue weighted by Gasteiger charge is -2.64. The fourth-order valence-electron chi connectivity index (χ4n) is 9.01. The van der Waals surface area contributed by atoms with Crippen molar-refractivity contribution in [1.29, 1.82) is 5.26 Å². The molecule has 0 spiro atoms. The third-order valence-corrected chi connectivity index (χ3v) is 12.0. The molecule has 1 aromatic carbocycles. The van der Waals surface area contributed by atoms with Crippen LogP contribution in [0.1, 0.15) is 85.1 Å². The zero-order chi connectivity index (χ0) is 32.7. The third kappa shape index (κ3) is 6.35. The van der Waals surface area contributed by atoms with Crippen molar-refractivity contribution in [1.82, 2.24) is 15.1 Å². The van der Waals surface area contributed by atoms with Gasteiger partial charge in [-0.1, -0.05) is 50.6 Å². The number of nitriles is 1. The molecular weight excluding hydrogens is 579 g/mol. The van der Waals surface area contributed by atoms with Crippen molar-refractivity contribution in [2.75, 3.05) is 26.2 Å². The van der Waals surface area contributed by atoms with Gasteiger partial charge in [0.2, 0.25) is 0 Å². The highest BCUT2D eigenvalue weighted by molar-refractivity contribution is 6.47. The van der Waals surface area contributed by atoms with Gasteiger partial charge in [-0.05, 0) is 108 Å². The first-order valence-electron chi connectivity index (χ1n) is 17.4. The number of piperidine rings is 1. The molecule has 3 aliphatic carbocycles. The molecule has 3 heterocycles. The molecule has 3 aliphatic heterocycles. The Morgan fingerprint density at radius 1 is 1.13 bits per heavy atom. The van der Waals surface area contributed by atoms with Crippen LogP contribution in [-0.2, 0) is 25.3 Å². The van der Waals surface area contributed by atoms with Gasteiger partial charge in [0.05, 0.1) is 23.7 Å². The second-order valence-electron chi connectivity index (χ2n) is 15.5. The summed E-state index contributed by atoms with van der Waals surface area (Å²) >= 11 is 0. The Balaban J connectivity index is 1.10. The topological polar surface area (TPSA) is 104 Å². The van der Waals surface area contributed by atoms with Crippen molar-refractivity contribution in [3.63, 3.8) is 0 Å². The maximum Gasteiger partial charge on any atom is 0.482 e. The number of amides is 2. The number of carbonyl (C=O) groups excluding carboxylic acids is 2. The fourth-order valence-corrected chi connectivity index (χ4v) is 9.01. The van der Waals surface area contributed by atoms with Gasteiger partial charge in [0, 0.05) is 12.1 Å². The molecule has 6 fully saturated rings. The summed E-state index contributed by atoms with van der Waals surface area (Å²) in [4.78, 5) is 31.0. The molecule has 0 radical (unpaired) electrons. The van der Waals surface area contributed by atoms with E-state index in [0.717, 1.165) is 50.8 Å². The number of benzene rings is 1. The van der Waals surface area contributed by atoms with E-state index in [9.17, 15) is 14.9 Å². The van der Waals surface area contributed by atoms with Gasteiger partial charge < -0.3 is 24.3 Å². The Bertz CT molecular complexity index is 1360. The summed E-state index contributed by atoms with van der Waals surface area (Å²) in [5.74, 6) is 0.324. The molecule has 9 nitrogen and oxygen atoms in total. The molecule has 1 unspecified atom stereocenters. The zero-order valence-electron chi connectivity index (χ0n) is 28.3. The normalized spacial score (nSPS) is 31.4. The number of hydrogen-bond acceptors (Lipinski definition) is 7. The summed E-state index contributed by atoms with van der Waals surface area (Å²) in [5.41, 5.74) is 0.666. The van der Waals surface area contributed by atoms with E-state index in [1.807, 2.05) is 36.4 Å². The molecule has 248 valence electrons. The largest absolute Gasteiger partial charge is 0.482 e. The van der Waals surface area contributed by atoms with Gasteiger partial charge in [-0.2, -0.15) is 5.26 Å². The van der Waals surface area contributed by atoms with Crippen LogP contribution in [0.4, 0.5) is 4.79 Å². The SMILES string of the molecule is CC1(C)[C@@H]2C[C@H]3OB(C(Cc4ccccc4)NC(=O)OC[C@H]4CCCN4C(=O)C(C#N)=CC(C)(C)N4CCCCC4)O[C@@]3(C)[C@H]1C2. The van der Waals surface area contributed by atoms with Crippen LogP contribution in [0.25, 0.3) is 0 Å². The third-order valence-electron chi connectivity index (χ3n) is 12.0. The first kappa shape index (κ1) is 33.1. The minimum absolute atomic E-state index is 0.00528. The Morgan fingerprint density at radius 3 is 2.57 bits per heavy atom. The number of ether oxygens (including phenoxy) is 1. The van der Waals surface area contributed by atoms with Crippen LogP contribution >= 0.6 is 0 Å². The number of nitrogens with zero attached hydrogens (tertiary/aromatic N) is 3. The van der Waals surface area contributed by atoms with Crippen LogP contribution in [-0.4, -0.2) is 84.4 Å². The Kier molecular flexibility index (Phi) is 9.32. The first-order valence-corrected chi connectivity index (χ1v) is 17.4. The van der Waals surface area contributed by atoms with Gasteiger partial charge in [-0.25, -0.2) is 4.79 Å². The Morgan fingerprint density at radius 2 is 1.87 bits per heavy atom. The zero-order valence-corrected chi connectivity index (χ0v) is 28.3. The molecule has 2 amide bonds. The van der Waals surface area contributed by atoms with Gasteiger partial charge in [-0.3, -0.25) is 9.69 Å². The number of carbonyl (C=O) groups is 2. The van der Waals surface area contributed by atoms with Crippen LogP contribution in [0, 0.1) is 28.6 Å². The molecule has 0 aromatic heterocycles. The number of hydrogen-bond donors (Lipinski definition) is 1. The summed E-state index contributed by atoms with van der Waals surface area (Å²) in [5, 5.41) is 13.1. The van der Waals surface area contributed by atoms with Gasteiger partial charge in [0.25, 0.3) is 5.91 Å². The number of nitrogens with one attached hydrogen (secondary N) is 1. The van der Waals surface area contributed by atoms with Crippen LogP contribution in [0.3, 0.4) is 0 Å². The lowest BCUT2D eigenvalue weighted by atomic mass is 9.43. The number of likely N-dealkylation sites (tertiary alicyclic amines) is 2. The molecule has 6 aliphatic rings. The number of alkyl carbamates (subject to hydrolysis) is 1. The molecule has 3 saturated carbocycles. The molecule has 1 aromatic rings. The van der Waals surface area contributed by atoms with Gasteiger partial charge in [-0.15, -0.1) is 0 Å². The van der Waals surface area contributed by atoms with E-state index in [-0.39, 0.29) is 41.2 Å². The monoisotopic (exact) mass is 630 g/mol. The number of rotatable bonds is 9. The summed E-state index contributed by atoms with van der Waals surface area (Å²) in [6.07, 6.45) is 8.93. The predicted octanol–water partition coefficient (Wildman–Crippen LogP) is 5.30. The van der Waals surface area contributed by atoms with Crippen LogP contribution < -0.4 is 5.32 Å². The summed E-state index contributed by atoms with van der Waals surface area (Å²) in [7, 11) is -0.589. The Labute approximate surface area is 275 Å². The highest BCUT2D eigenvalue weighted by Crippen LogP contribution is 2.65. The average molecular weight is 631 g/mol. The molecule has 2 bridgehead atoms. The van der Waals surface area contributed by atoms with E-state index in [2.05, 4.69) is 50.9 Å². The van der Waals surface area contributed by atoms with Crippen LogP contribution in [0.15, 0.2) is 42.0 Å². The standard InChI is InChI=1S/C36H51BN4O5/c1-34(2,40-16-10-7-11-17-40)22-26(23-38)32(42)41-18-12-15-28(41)24-44-33(43)39-31(19-25-13-8-6-9-14-25)37-45-30-21-27-20-29(35(27,3)4)36(30,5)46-37/h6,8-9,13-14,22,27-31H,7,10-12,15-21,24H2,1-5H3,(H,39,43)/t27-,28+,29-,30+,31?,36-/m0/s1. The summed E-state index contributed by atoms with van der Waals surface area (Å²) in [6.45, 7) is 13.5. The van der Waals surface area contributed by atoms with E-state index in [4.69, 9.17) is 14.0 Å². The van der Waals surface area contributed by atoms with E-state index in [1.54, 1.807) is 4.90 Å². The summed E-state index contributed by atoms with van der Waals surface area (Å²) in [6, 6.07) is 11.9. The van der Waals surface area contributed by atoms with Crippen molar-refractivity contribution < 1.29 is 23.6 Å². The lowest BCUT2D eigenvalue weighted by molar-refractivity contribution is -0.199. The smallest absolute Gasteiger partial charge is 0.447 e. The average Bonchev–Trinajstić information content (AvgIpc) is 3.67. The second kappa shape index (κ2) is 13.0. The van der Waals surface area contributed by atoms with Gasteiger partial charge in [0.15, 0.2) is 0 Å². The minimum Gasteiger partial charge on any atom is -0.447 e. The van der Waals surface area contributed by atoms with E-state index >= 15 is 0 Å². The lowest BCUT2D eigenvalue weighted by Crippen LogP contribution is -2.65. The van der Waals surface area contributed by atoms with Gasteiger partial charge in [0.1, 0.15) is 18.2 Å². The minimum atomic E-state index is -0.589. The quantitative estimate of drug-likeness (QED) is 0.225. The highest BCUT2D eigenvalue weighted by Gasteiger charge is 2.68. The van der Waals surface area contributed by atoms with Crippen molar-refractivity contribution in [3.8, 4) is 6.07 Å². The maximum atomic E-state index is 13.6. The van der Waals surface area contributed by atoms with Crippen molar-refractivity contribution >= 4 is 19.1 Å². The van der Waals surface area contributed by atoms with E-state index in [1.165, 1.54) is 6.42 Å². The molecular formula is C36H51BN4O5.